The first-order valence-electron chi connectivity index (χ1n) is 8.85. The van der Waals surface area contributed by atoms with Gasteiger partial charge in [-0.05, 0) is 48.5 Å². The third-order valence-electron chi connectivity index (χ3n) is 4.06. The van der Waals surface area contributed by atoms with Crippen LogP contribution in [0.5, 0.6) is 5.75 Å². The first-order valence-corrected chi connectivity index (χ1v) is 8.85. The molecule has 29 heavy (non-hydrogen) atoms. The monoisotopic (exact) mass is 389 g/mol. The molecule has 1 aromatic heterocycles. The van der Waals surface area contributed by atoms with Crippen molar-refractivity contribution in [2.75, 3.05) is 11.9 Å². The Hall–Kier alpha value is -4.00. The summed E-state index contributed by atoms with van der Waals surface area (Å²) in [6, 6.07) is 22.0. The number of anilines is 1. The van der Waals surface area contributed by atoms with Crippen LogP contribution in [0.2, 0.25) is 0 Å². The minimum atomic E-state index is -0.362. The molecule has 4 aromatic rings. The van der Waals surface area contributed by atoms with Crippen molar-refractivity contribution in [3.05, 3.63) is 84.7 Å². The molecule has 0 aliphatic carbocycles. The molecule has 0 unspecified atom stereocenters. The highest BCUT2D eigenvalue weighted by Gasteiger charge is 2.11. The number of carbonyl (C=O) groups is 1. The smallest absolute Gasteiger partial charge is 0.262 e. The quantitative estimate of drug-likeness (QED) is 0.523. The Morgan fingerprint density at radius 2 is 1.66 bits per heavy atom. The van der Waals surface area contributed by atoms with Crippen molar-refractivity contribution in [3.63, 3.8) is 0 Å². The van der Waals surface area contributed by atoms with Gasteiger partial charge in [0.2, 0.25) is 5.82 Å². The van der Waals surface area contributed by atoms with Gasteiger partial charge in [-0.1, -0.05) is 35.5 Å². The van der Waals surface area contributed by atoms with E-state index in [1.54, 1.807) is 24.3 Å². The van der Waals surface area contributed by atoms with E-state index in [1.807, 2.05) is 30.3 Å². The molecular formula is C22H16FN3O3. The SMILES string of the molecule is O=C(COc1ccc(F)cc1)Nc1ccc(-c2nc(-c3ccccc3)no2)cc1. The van der Waals surface area contributed by atoms with Gasteiger partial charge >= 0.3 is 0 Å². The number of amides is 1. The minimum absolute atomic E-state index is 0.183. The molecule has 0 atom stereocenters. The fraction of sp³-hybridized carbons (Fsp3) is 0.0455. The predicted octanol–water partition coefficient (Wildman–Crippen LogP) is 4.56. The summed E-state index contributed by atoms with van der Waals surface area (Å²) in [6.07, 6.45) is 0. The predicted molar refractivity (Wildman–Crippen MR) is 106 cm³/mol. The summed E-state index contributed by atoms with van der Waals surface area (Å²) in [5.41, 5.74) is 2.21. The van der Waals surface area contributed by atoms with E-state index < -0.39 is 0 Å². The van der Waals surface area contributed by atoms with Gasteiger partial charge in [-0.2, -0.15) is 4.98 Å². The van der Waals surface area contributed by atoms with Gasteiger partial charge in [-0.3, -0.25) is 4.79 Å². The molecule has 0 spiro atoms. The van der Waals surface area contributed by atoms with Crippen LogP contribution in [-0.4, -0.2) is 22.7 Å². The average molecular weight is 389 g/mol. The van der Waals surface area contributed by atoms with E-state index in [9.17, 15) is 9.18 Å². The molecule has 1 heterocycles. The van der Waals surface area contributed by atoms with Gasteiger partial charge < -0.3 is 14.6 Å². The fourth-order valence-corrected chi connectivity index (χ4v) is 2.62. The van der Waals surface area contributed by atoms with Gasteiger partial charge in [0, 0.05) is 16.8 Å². The molecule has 7 heteroatoms. The maximum absolute atomic E-state index is 12.9. The molecule has 1 N–H and O–H groups in total. The highest BCUT2D eigenvalue weighted by atomic mass is 19.1. The van der Waals surface area contributed by atoms with Gasteiger partial charge in [0.05, 0.1) is 0 Å². The number of carbonyl (C=O) groups excluding carboxylic acids is 1. The van der Waals surface area contributed by atoms with Gasteiger partial charge in [0.15, 0.2) is 6.61 Å². The Kier molecular flexibility index (Phi) is 5.29. The zero-order valence-corrected chi connectivity index (χ0v) is 15.2. The van der Waals surface area contributed by atoms with Crippen molar-refractivity contribution in [1.29, 1.82) is 0 Å². The molecule has 144 valence electrons. The second kappa shape index (κ2) is 8.35. The lowest BCUT2D eigenvalue weighted by atomic mass is 10.2. The van der Waals surface area contributed by atoms with Crippen LogP contribution in [-0.2, 0) is 4.79 Å². The van der Waals surface area contributed by atoms with Crippen LogP contribution in [0.15, 0.2) is 83.4 Å². The third-order valence-corrected chi connectivity index (χ3v) is 4.06. The second-order valence-corrected chi connectivity index (χ2v) is 6.16. The van der Waals surface area contributed by atoms with E-state index in [-0.39, 0.29) is 18.3 Å². The van der Waals surface area contributed by atoms with E-state index in [0.29, 0.717) is 23.2 Å². The number of hydrogen-bond acceptors (Lipinski definition) is 5. The summed E-state index contributed by atoms with van der Waals surface area (Å²) in [5.74, 6) is 0.630. The highest BCUT2D eigenvalue weighted by molar-refractivity contribution is 5.92. The molecule has 0 radical (unpaired) electrons. The topological polar surface area (TPSA) is 77.2 Å². The van der Waals surface area contributed by atoms with E-state index in [2.05, 4.69) is 15.5 Å². The van der Waals surface area contributed by atoms with E-state index in [0.717, 1.165) is 11.1 Å². The zero-order valence-electron chi connectivity index (χ0n) is 15.2. The number of ether oxygens (including phenoxy) is 1. The molecule has 6 nitrogen and oxygen atoms in total. The van der Waals surface area contributed by atoms with Crippen LogP contribution in [0.4, 0.5) is 10.1 Å². The van der Waals surface area contributed by atoms with Crippen LogP contribution in [0.1, 0.15) is 0 Å². The first-order chi connectivity index (χ1) is 14.2. The molecule has 0 saturated heterocycles. The second-order valence-electron chi connectivity index (χ2n) is 6.16. The summed E-state index contributed by atoms with van der Waals surface area (Å²) in [4.78, 5) is 16.4. The van der Waals surface area contributed by atoms with Crippen molar-refractivity contribution in [2.24, 2.45) is 0 Å². The number of benzene rings is 3. The maximum atomic E-state index is 12.9. The maximum Gasteiger partial charge on any atom is 0.262 e. The lowest BCUT2D eigenvalue weighted by Crippen LogP contribution is -2.20. The molecule has 1 amide bonds. The number of aromatic nitrogens is 2. The van der Waals surface area contributed by atoms with Crippen molar-refractivity contribution in [2.45, 2.75) is 0 Å². The molecule has 0 bridgehead atoms. The average Bonchev–Trinajstić information content (AvgIpc) is 3.25. The molecule has 3 aromatic carbocycles. The lowest BCUT2D eigenvalue weighted by Gasteiger charge is -2.07. The highest BCUT2D eigenvalue weighted by Crippen LogP contribution is 2.23. The van der Waals surface area contributed by atoms with Gasteiger partial charge in [0.25, 0.3) is 11.8 Å². The number of nitrogens with one attached hydrogen (secondary N) is 1. The Balaban J connectivity index is 1.36. The van der Waals surface area contributed by atoms with Gasteiger partial charge in [-0.15, -0.1) is 0 Å². The van der Waals surface area contributed by atoms with Crippen LogP contribution in [0.3, 0.4) is 0 Å². The number of rotatable bonds is 6. The van der Waals surface area contributed by atoms with Crippen LogP contribution in [0.25, 0.3) is 22.8 Å². The molecule has 4 rings (SSSR count). The first kappa shape index (κ1) is 18.4. The summed E-state index contributed by atoms with van der Waals surface area (Å²) in [7, 11) is 0. The Bertz CT molecular complexity index is 1090. The van der Waals surface area contributed by atoms with Crippen molar-refractivity contribution < 1.29 is 18.4 Å². The number of halogens is 1. The van der Waals surface area contributed by atoms with Crippen LogP contribution < -0.4 is 10.1 Å². The molecular weight excluding hydrogens is 373 g/mol. The largest absolute Gasteiger partial charge is 0.484 e. The van der Waals surface area contributed by atoms with Crippen molar-refractivity contribution in [3.8, 4) is 28.6 Å². The van der Waals surface area contributed by atoms with E-state index in [1.165, 1.54) is 24.3 Å². The summed E-state index contributed by atoms with van der Waals surface area (Å²) >= 11 is 0. The van der Waals surface area contributed by atoms with Crippen LogP contribution >= 0.6 is 0 Å². The van der Waals surface area contributed by atoms with Crippen molar-refractivity contribution >= 4 is 11.6 Å². The Morgan fingerprint density at radius 1 is 0.931 bits per heavy atom. The minimum Gasteiger partial charge on any atom is -0.484 e. The summed E-state index contributed by atoms with van der Waals surface area (Å²) in [6.45, 7) is -0.183. The van der Waals surface area contributed by atoms with Gasteiger partial charge in [-0.25, -0.2) is 4.39 Å². The number of nitrogens with zero attached hydrogens (tertiary/aromatic N) is 2. The zero-order chi connectivity index (χ0) is 20.1. The van der Waals surface area contributed by atoms with Crippen molar-refractivity contribution in [1.82, 2.24) is 10.1 Å². The van der Waals surface area contributed by atoms with Crippen LogP contribution in [0, 0.1) is 5.82 Å². The normalized spacial score (nSPS) is 10.5. The van der Waals surface area contributed by atoms with Gasteiger partial charge in [0.1, 0.15) is 11.6 Å². The molecule has 0 saturated carbocycles. The van der Waals surface area contributed by atoms with E-state index in [4.69, 9.17) is 9.26 Å². The Morgan fingerprint density at radius 3 is 2.38 bits per heavy atom. The van der Waals surface area contributed by atoms with E-state index >= 15 is 0 Å². The molecule has 0 aliphatic rings. The standard InChI is InChI=1S/C22H16FN3O3/c23-17-8-12-19(13-9-17)28-14-20(27)24-18-10-6-16(7-11-18)22-25-21(26-29-22)15-4-2-1-3-5-15/h1-13H,14H2,(H,24,27). The third kappa shape index (κ3) is 4.65. The lowest BCUT2D eigenvalue weighted by molar-refractivity contribution is -0.118. The Labute approximate surface area is 166 Å². The number of hydrogen-bond donors (Lipinski definition) is 1. The summed E-state index contributed by atoms with van der Waals surface area (Å²) in [5, 5.41) is 6.72. The summed E-state index contributed by atoms with van der Waals surface area (Å²) < 4.78 is 23.5. The molecule has 0 fully saturated rings. The fourth-order valence-electron chi connectivity index (χ4n) is 2.62. The molecule has 0 aliphatic heterocycles.